The Kier molecular flexibility index (Phi) is 11.4. The van der Waals surface area contributed by atoms with Gasteiger partial charge in [0.15, 0.2) is 18.3 Å². The van der Waals surface area contributed by atoms with Crippen LogP contribution in [0.4, 0.5) is 4.79 Å². The van der Waals surface area contributed by atoms with Crippen LogP contribution in [0.15, 0.2) is 0 Å². The van der Waals surface area contributed by atoms with Crippen molar-refractivity contribution in [3.05, 3.63) is 0 Å². The zero-order valence-corrected chi connectivity index (χ0v) is 21.5. The van der Waals surface area contributed by atoms with Crippen molar-refractivity contribution in [3.63, 3.8) is 0 Å². The van der Waals surface area contributed by atoms with E-state index in [-0.39, 0.29) is 13.0 Å². The lowest BCUT2D eigenvalue weighted by Gasteiger charge is -2.44. The minimum atomic E-state index is -1.35. The molecule has 6 atom stereocenters. The highest BCUT2D eigenvalue weighted by Crippen LogP contribution is 2.30. The number of unbranched alkanes of at least 4 members (excludes halogenated alkanes) is 1. The molecular weight excluding hydrogens is 512 g/mol. The number of ether oxygens (including phenoxy) is 6. The SMILES string of the molecule is CC(=O)OC[C@H]1O[C@H](CC(=O)NCCCC[C@@H]2NC(=O)OC2=O)[C@H](OC(C)=O)[C@@H](OC(C)=O)[C@@H]1OC(C)=O. The van der Waals surface area contributed by atoms with Crippen molar-refractivity contribution >= 4 is 41.8 Å². The van der Waals surface area contributed by atoms with Crippen LogP contribution in [0.5, 0.6) is 0 Å². The molecule has 2 aliphatic rings. The van der Waals surface area contributed by atoms with E-state index in [0.717, 1.165) is 27.7 Å². The fourth-order valence-corrected chi connectivity index (χ4v) is 4.02. The zero-order valence-electron chi connectivity index (χ0n) is 21.5. The van der Waals surface area contributed by atoms with Gasteiger partial charge in [-0.3, -0.25) is 24.0 Å². The van der Waals surface area contributed by atoms with E-state index >= 15 is 0 Å². The summed E-state index contributed by atoms with van der Waals surface area (Å²) in [4.78, 5) is 82.0. The van der Waals surface area contributed by atoms with E-state index in [1.54, 1.807) is 0 Å². The Morgan fingerprint density at radius 1 is 0.816 bits per heavy atom. The fraction of sp³-hybridized carbons (Fsp3) is 0.696. The van der Waals surface area contributed by atoms with Crippen LogP contribution in [0, 0.1) is 0 Å². The lowest BCUT2D eigenvalue weighted by molar-refractivity contribution is -0.252. The fourth-order valence-electron chi connectivity index (χ4n) is 4.02. The minimum Gasteiger partial charge on any atom is -0.463 e. The summed E-state index contributed by atoms with van der Waals surface area (Å²) < 4.78 is 31.2. The number of hydrogen-bond donors (Lipinski definition) is 2. The van der Waals surface area contributed by atoms with Gasteiger partial charge in [-0.25, -0.2) is 9.59 Å². The monoisotopic (exact) mass is 544 g/mol. The molecule has 212 valence electrons. The Hall–Kier alpha value is -3.75. The van der Waals surface area contributed by atoms with Crippen LogP contribution in [0.25, 0.3) is 0 Å². The number of alkyl carbamates (subject to hydrolysis) is 1. The summed E-state index contributed by atoms with van der Waals surface area (Å²) in [7, 11) is 0. The summed E-state index contributed by atoms with van der Waals surface area (Å²) in [6.45, 7) is 4.30. The molecule has 0 aromatic heterocycles. The minimum absolute atomic E-state index is 0.222. The number of hydrogen-bond acceptors (Lipinski definition) is 13. The molecular formula is C23H32N2O13. The molecule has 0 spiro atoms. The zero-order chi connectivity index (χ0) is 28.4. The lowest BCUT2D eigenvalue weighted by Crippen LogP contribution is -2.62. The van der Waals surface area contributed by atoms with Crippen LogP contribution in [0.1, 0.15) is 53.4 Å². The first kappa shape index (κ1) is 30.5. The highest BCUT2D eigenvalue weighted by Gasteiger charge is 2.52. The van der Waals surface area contributed by atoms with E-state index in [4.69, 9.17) is 23.7 Å². The van der Waals surface area contributed by atoms with Gasteiger partial charge >= 0.3 is 35.9 Å². The molecule has 2 saturated heterocycles. The standard InChI is InChI=1S/C23H32N2O13/c1-11(26)33-10-17-20(35-13(3)28)21(36-14(4)29)19(34-12(2)27)16(37-17)9-18(30)24-8-6-5-7-15-22(31)38-23(32)25-15/h15-17,19-21H,5-10H2,1-4H3,(H,24,30)(H,25,32)/t15-,16+,17+,19-,20+,21+/m0/s1. The number of amides is 2. The average molecular weight is 545 g/mol. The first-order valence-electron chi connectivity index (χ1n) is 12.0. The number of esters is 5. The van der Waals surface area contributed by atoms with Gasteiger partial charge in [0.1, 0.15) is 24.9 Å². The highest BCUT2D eigenvalue weighted by molar-refractivity contribution is 5.95. The summed E-state index contributed by atoms with van der Waals surface area (Å²) in [5, 5.41) is 5.05. The Morgan fingerprint density at radius 2 is 1.39 bits per heavy atom. The van der Waals surface area contributed by atoms with E-state index in [2.05, 4.69) is 15.4 Å². The lowest BCUT2D eigenvalue weighted by atomic mass is 9.92. The molecule has 0 aromatic carbocycles. The number of carbonyl (C=O) groups is 7. The van der Waals surface area contributed by atoms with Crippen LogP contribution in [-0.2, 0) is 57.2 Å². The first-order valence-corrected chi connectivity index (χ1v) is 12.0. The van der Waals surface area contributed by atoms with Crippen LogP contribution in [0.3, 0.4) is 0 Å². The second-order valence-electron chi connectivity index (χ2n) is 8.69. The largest absolute Gasteiger partial charge is 0.463 e. The van der Waals surface area contributed by atoms with Crippen molar-refractivity contribution in [3.8, 4) is 0 Å². The molecule has 15 nitrogen and oxygen atoms in total. The van der Waals surface area contributed by atoms with Crippen molar-refractivity contribution in [2.24, 2.45) is 0 Å². The maximum Gasteiger partial charge on any atom is 0.415 e. The normalized spacial score (nSPS) is 26.4. The van der Waals surface area contributed by atoms with Crippen LogP contribution >= 0.6 is 0 Å². The Labute approximate surface area is 218 Å². The molecule has 2 aliphatic heterocycles. The van der Waals surface area contributed by atoms with Crippen LogP contribution in [0.2, 0.25) is 0 Å². The number of nitrogens with one attached hydrogen (secondary N) is 2. The van der Waals surface area contributed by atoms with Gasteiger partial charge in [0, 0.05) is 34.2 Å². The summed E-state index contributed by atoms with van der Waals surface area (Å²) >= 11 is 0. The number of cyclic esters (lactones) is 2. The molecule has 15 heteroatoms. The van der Waals surface area contributed by atoms with Crippen molar-refractivity contribution in [1.29, 1.82) is 0 Å². The van der Waals surface area contributed by atoms with Gasteiger partial charge in [0.05, 0.1) is 6.42 Å². The van der Waals surface area contributed by atoms with Gasteiger partial charge < -0.3 is 39.1 Å². The molecule has 0 bridgehead atoms. The van der Waals surface area contributed by atoms with E-state index in [9.17, 15) is 33.6 Å². The third kappa shape index (κ3) is 9.61. The summed E-state index contributed by atoms with van der Waals surface area (Å²) in [6, 6.07) is -0.726. The Bertz CT molecular complexity index is 936. The molecule has 0 radical (unpaired) electrons. The Morgan fingerprint density at radius 3 is 1.92 bits per heavy atom. The molecule has 0 aromatic rings. The van der Waals surface area contributed by atoms with Crippen molar-refractivity contribution in [1.82, 2.24) is 10.6 Å². The van der Waals surface area contributed by atoms with Gasteiger partial charge in [-0.2, -0.15) is 0 Å². The second kappa shape index (κ2) is 14.3. The quantitative estimate of drug-likeness (QED) is 0.137. The van der Waals surface area contributed by atoms with Gasteiger partial charge in [-0.1, -0.05) is 0 Å². The maximum atomic E-state index is 12.7. The Balaban J connectivity index is 2.08. The molecule has 2 fully saturated rings. The van der Waals surface area contributed by atoms with Crippen LogP contribution < -0.4 is 10.6 Å². The van der Waals surface area contributed by atoms with E-state index in [1.165, 1.54) is 0 Å². The van der Waals surface area contributed by atoms with Crippen molar-refractivity contribution in [2.75, 3.05) is 13.2 Å². The van der Waals surface area contributed by atoms with Gasteiger partial charge in [-0.15, -0.1) is 0 Å². The molecule has 2 N–H and O–H groups in total. The summed E-state index contributed by atoms with van der Waals surface area (Å²) in [5.74, 6) is -4.10. The van der Waals surface area contributed by atoms with Gasteiger partial charge in [-0.05, 0) is 19.3 Å². The maximum absolute atomic E-state index is 12.7. The predicted molar refractivity (Wildman–Crippen MR) is 122 cm³/mol. The third-order valence-corrected chi connectivity index (χ3v) is 5.49. The predicted octanol–water partition coefficient (Wildman–Crippen LogP) is -0.576. The van der Waals surface area contributed by atoms with Gasteiger partial charge in [0.2, 0.25) is 5.91 Å². The molecule has 0 saturated carbocycles. The molecule has 2 amide bonds. The molecule has 2 rings (SSSR count). The van der Waals surface area contributed by atoms with Crippen molar-refractivity contribution < 1.29 is 62.0 Å². The highest BCUT2D eigenvalue weighted by atomic mass is 16.7. The first-order chi connectivity index (χ1) is 17.9. The topological polar surface area (TPSA) is 199 Å². The van der Waals surface area contributed by atoms with Crippen LogP contribution in [-0.4, -0.2) is 91.6 Å². The van der Waals surface area contributed by atoms with Gasteiger partial charge in [0.25, 0.3) is 0 Å². The number of rotatable bonds is 12. The van der Waals surface area contributed by atoms with E-state index in [1.807, 2.05) is 0 Å². The second-order valence-corrected chi connectivity index (χ2v) is 8.69. The van der Waals surface area contributed by atoms with E-state index in [0.29, 0.717) is 19.3 Å². The molecule has 0 aliphatic carbocycles. The molecule has 2 heterocycles. The average Bonchev–Trinajstić information content (AvgIpc) is 3.12. The smallest absolute Gasteiger partial charge is 0.415 e. The summed E-state index contributed by atoms with van der Waals surface area (Å²) in [5.41, 5.74) is 0. The molecule has 0 unspecified atom stereocenters. The van der Waals surface area contributed by atoms with Crippen molar-refractivity contribution in [2.45, 2.75) is 89.9 Å². The molecule has 38 heavy (non-hydrogen) atoms. The van der Waals surface area contributed by atoms with E-state index < -0.39 is 85.0 Å². The third-order valence-electron chi connectivity index (χ3n) is 5.49. The number of carbonyl (C=O) groups excluding carboxylic acids is 7. The summed E-state index contributed by atoms with van der Waals surface area (Å²) in [6.07, 6.45) is -6.10.